The van der Waals surface area contributed by atoms with Crippen molar-refractivity contribution in [3.05, 3.63) is 211 Å². The van der Waals surface area contributed by atoms with Gasteiger partial charge in [-0.1, -0.05) is 159 Å². The molecule has 0 saturated carbocycles. The van der Waals surface area contributed by atoms with Crippen LogP contribution in [0.2, 0.25) is 0 Å². The highest BCUT2D eigenvalue weighted by Gasteiger charge is 2.36. The van der Waals surface area contributed by atoms with Crippen LogP contribution in [0.3, 0.4) is 0 Å². The lowest BCUT2D eigenvalue weighted by atomic mass is 9.79. The van der Waals surface area contributed by atoms with Crippen molar-refractivity contribution >= 4 is 38.6 Å². The zero-order valence-corrected chi connectivity index (χ0v) is 31.5. The zero-order chi connectivity index (χ0) is 37.4. The first-order valence-electron chi connectivity index (χ1n) is 19.6. The summed E-state index contributed by atoms with van der Waals surface area (Å²) in [7, 11) is 0. The summed E-state index contributed by atoms with van der Waals surface area (Å²) in [5, 5.41) is 8.94. The lowest BCUT2D eigenvalue weighted by Gasteiger charge is -2.27. The fraction of sp³-hybridized carbons (Fsp3) is 0.0741. The van der Waals surface area contributed by atoms with Gasteiger partial charge in [-0.3, -0.25) is 0 Å². The van der Waals surface area contributed by atoms with E-state index in [4.69, 9.17) is 0 Å². The number of nitrogens with one attached hydrogen (secondary N) is 1. The molecule has 0 amide bonds. The minimum atomic E-state index is -0.111. The number of hydrogen-bond acceptors (Lipinski definition) is 2. The fourth-order valence-electron chi connectivity index (χ4n) is 9.59. The van der Waals surface area contributed by atoms with Crippen LogP contribution in [0.1, 0.15) is 36.7 Å². The molecular weight excluding hydrogens is 677 g/mol. The van der Waals surface area contributed by atoms with E-state index in [1.54, 1.807) is 0 Å². The first kappa shape index (κ1) is 32.5. The summed E-state index contributed by atoms with van der Waals surface area (Å²) in [6.45, 7) is 4.76. The highest BCUT2D eigenvalue weighted by atomic mass is 15.3. The molecule has 1 N–H and O–H groups in total. The fourth-order valence-corrected chi connectivity index (χ4v) is 9.59. The molecule has 0 radical (unpaired) electrons. The van der Waals surface area contributed by atoms with Gasteiger partial charge in [-0.15, -0.1) is 0 Å². The molecular formula is C54H40N2. The molecule has 1 unspecified atom stereocenters. The van der Waals surface area contributed by atoms with Crippen LogP contribution < -0.4 is 10.2 Å². The van der Waals surface area contributed by atoms with Gasteiger partial charge >= 0.3 is 0 Å². The van der Waals surface area contributed by atoms with Crippen LogP contribution in [-0.2, 0) is 5.41 Å². The second-order valence-corrected chi connectivity index (χ2v) is 15.8. The van der Waals surface area contributed by atoms with Crippen LogP contribution in [-0.4, -0.2) is 0 Å². The summed E-state index contributed by atoms with van der Waals surface area (Å²) >= 11 is 0. The third-order valence-corrected chi connectivity index (χ3v) is 12.2. The quantitative estimate of drug-likeness (QED) is 0.178. The molecule has 2 heteroatoms. The lowest BCUT2D eigenvalue weighted by molar-refractivity contribution is 0.661. The number of rotatable bonds is 5. The maximum absolute atomic E-state index is 3.84. The molecule has 266 valence electrons. The van der Waals surface area contributed by atoms with Crippen molar-refractivity contribution in [3.8, 4) is 44.5 Å². The van der Waals surface area contributed by atoms with E-state index in [-0.39, 0.29) is 11.6 Å². The van der Waals surface area contributed by atoms with Crippen molar-refractivity contribution in [2.24, 2.45) is 0 Å². The summed E-state index contributed by atoms with van der Waals surface area (Å²) in [5.41, 5.74) is 17.5. The molecule has 11 rings (SSSR count). The topological polar surface area (TPSA) is 15.3 Å². The Bertz CT molecular complexity index is 2960. The van der Waals surface area contributed by atoms with E-state index in [1.807, 2.05) is 0 Å². The Morgan fingerprint density at radius 3 is 1.79 bits per heavy atom. The van der Waals surface area contributed by atoms with Crippen molar-refractivity contribution < 1.29 is 0 Å². The molecule has 2 aliphatic rings. The molecule has 2 nitrogen and oxygen atoms in total. The Hall–Kier alpha value is -6.90. The Morgan fingerprint density at radius 2 is 1.02 bits per heavy atom. The lowest BCUT2D eigenvalue weighted by Crippen LogP contribution is -2.23. The molecule has 1 heterocycles. The van der Waals surface area contributed by atoms with Gasteiger partial charge in [0.1, 0.15) is 6.17 Å². The van der Waals surface area contributed by atoms with E-state index in [1.165, 1.54) is 88.4 Å². The second kappa shape index (κ2) is 12.6. The van der Waals surface area contributed by atoms with Crippen LogP contribution in [0.4, 0.5) is 17.1 Å². The maximum atomic E-state index is 3.84. The highest BCUT2D eigenvalue weighted by Crippen LogP contribution is 2.53. The van der Waals surface area contributed by atoms with Crippen molar-refractivity contribution in [1.29, 1.82) is 0 Å². The summed E-state index contributed by atoms with van der Waals surface area (Å²) < 4.78 is 0. The predicted octanol–water partition coefficient (Wildman–Crippen LogP) is 14.6. The SMILES string of the molecule is CC1(C)c2ccccc2-c2cc3c(-c4ccccc4)c4ccc(-c5cccc(C6Nc7ccccc7N6c6ccccc6)c5)cc4c(-c4ccccc4)c3cc21. The van der Waals surface area contributed by atoms with Gasteiger partial charge in [0.05, 0.1) is 11.4 Å². The van der Waals surface area contributed by atoms with Crippen LogP contribution >= 0.6 is 0 Å². The normalized spacial score (nSPS) is 15.0. The van der Waals surface area contributed by atoms with Crippen LogP contribution in [0.25, 0.3) is 66.1 Å². The molecule has 9 aromatic rings. The molecule has 9 aromatic carbocycles. The van der Waals surface area contributed by atoms with Crippen LogP contribution in [0.5, 0.6) is 0 Å². The van der Waals surface area contributed by atoms with Crippen molar-refractivity contribution in [2.45, 2.75) is 25.4 Å². The summed E-state index contributed by atoms with van der Waals surface area (Å²) in [6.07, 6.45) is -0.0433. The zero-order valence-electron chi connectivity index (χ0n) is 31.5. The molecule has 56 heavy (non-hydrogen) atoms. The summed E-state index contributed by atoms with van der Waals surface area (Å²) in [4.78, 5) is 2.42. The van der Waals surface area contributed by atoms with Gasteiger partial charge in [0.25, 0.3) is 0 Å². The van der Waals surface area contributed by atoms with Gasteiger partial charge in [-0.05, 0) is 131 Å². The van der Waals surface area contributed by atoms with Gasteiger partial charge in [-0.25, -0.2) is 0 Å². The second-order valence-electron chi connectivity index (χ2n) is 15.8. The standard InChI is InChI=1S/C54H40N2/c1-54(2)47-26-13-12-25-41(47)43-33-45-46(34-48(43)54)52(36-19-8-4-9-20-36)44-32-38(29-30-42(44)51(45)35-17-6-3-7-18-35)37-21-16-22-39(31-37)53-55-49-27-14-15-28-50(49)56(53)40-23-10-5-11-24-40/h3-34,53,55H,1-2H3. The van der Waals surface area contributed by atoms with Crippen molar-refractivity contribution in [2.75, 3.05) is 10.2 Å². The number of anilines is 3. The van der Waals surface area contributed by atoms with Gasteiger partial charge in [-0.2, -0.15) is 0 Å². The first-order chi connectivity index (χ1) is 27.5. The third-order valence-electron chi connectivity index (χ3n) is 12.2. The van der Waals surface area contributed by atoms with Crippen LogP contribution in [0, 0.1) is 0 Å². The monoisotopic (exact) mass is 716 g/mol. The van der Waals surface area contributed by atoms with Gasteiger partial charge in [0.15, 0.2) is 0 Å². The molecule has 1 aliphatic carbocycles. The Morgan fingerprint density at radius 1 is 0.429 bits per heavy atom. The Labute approximate surface area is 328 Å². The molecule has 0 bridgehead atoms. The molecule has 1 atom stereocenters. The molecule has 1 aliphatic heterocycles. The Kier molecular flexibility index (Phi) is 7.31. The largest absolute Gasteiger partial charge is 0.359 e. The first-order valence-corrected chi connectivity index (χ1v) is 19.6. The van der Waals surface area contributed by atoms with E-state index in [0.717, 1.165) is 11.4 Å². The maximum Gasteiger partial charge on any atom is 0.130 e. The number of benzene rings is 9. The summed E-state index contributed by atoms with van der Waals surface area (Å²) in [6, 6.07) is 71.5. The highest BCUT2D eigenvalue weighted by molar-refractivity contribution is 6.23. The number of nitrogens with zero attached hydrogens (tertiary/aromatic N) is 1. The van der Waals surface area contributed by atoms with E-state index in [2.05, 4.69) is 218 Å². The molecule has 0 spiro atoms. The van der Waals surface area contributed by atoms with Gasteiger partial charge in [0.2, 0.25) is 0 Å². The third kappa shape index (κ3) is 4.96. The smallest absolute Gasteiger partial charge is 0.130 e. The van der Waals surface area contributed by atoms with Crippen molar-refractivity contribution in [1.82, 2.24) is 0 Å². The summed E-state index contributed by atoms with van der Waals surface area (Å²) in [5.74, 6) is 0. The van der Waals surface area contributed by atoms with Crippen LogP contribution in [0.15, 0.2) is 194 Å². The van der Waals surface area contributed by atoms with E-state index < -0.39 is 0 Å². The van der Waals surface area contributed by atoms with E-state index >= 15 is 0 Å². The van der Waals surface area contributed by atoms with E-state index in [9.17, 15) is 0 Å². The molecule has 0 fully saturated rings. The van der Waals surface area contributed by atoms with Crippen molar-refractivity contribution in [3.63, 3.8) is 0 Å². The minimum absolute atomic E-state index is 0.0433. The Balaban J connectivity index is 1.15. The number of para-hydroxylation sites is 3. The predicted molar refractivity (Wildman–Crippen MR) is 237 cm³/mol. The van der Waals surface area contributed by atoms with Gasteiger partial charge < -0.3 is 10.2 Å². The minimum Gasteiger partial charge on any atom is -0.359 e. The average molecular weight is 717 g/mol. The molecule has 0 saturated heterocycles. The van der Waals surface area contributed by atoms with E-state index in [0.29, 0.717) is 0 Å². The number of fused-ring (bicyclic) bond motifs is 6. The average Bonchev–Trinajstić information content (AvgIpc) is 3.75. The number of hydrogen-bond donors (Lipinski definition) is 1. The van der Waals surface area contributed by atoms with Gasteiger partial charge in [0, 0.05) is 11.1 Å². The molecule has 0 aromatic heterocycles.